The molecule has 27 heavy (non-hydrogen) atoms. The van der Waals surface area contributed by atoms with E-state index in [9.17, 15) is 8.42 Å². The predicted octanol–water partition coefficient (Wildman–Crippen LogP) is 2.44. The molecule has 0 fully saturated rings. The first-order chi connectivity index (χ1) is 13.0. The Morgan fingerprint density at radius 1 is 0.815 bits per heavy atom. The first kappa shape index (κ1) is 17.9. The van der Waals surface area contributed by atoms with E-state index in [1.54, 1.807) is 25.2 Å². The van der Waals surface area contributed by atoms with Crippen molar-refractivity contribution >= 4 is 10.0 Å². The van der Waals surface area contributed by atoms with Gasteiger partial charge in [-0.2, -0.15) is 4.31 Å². The fraction of sp³-hybridized carbons (Fsp3) is 0.368. The molecule has 0 radical (unpaired) electrons. The van der Waals surface area contributed by atoms with Crippen molar-refractivity contribution in [3.8, 4) is 23.0 Å². The van der Waals surface area contributed by atoms with Crippen LogP contribution >= 0.6 is 0 Å². The molecule has 0 unspecified atom stereocenters. The summed E-state index contributed by atoms with van der Waals surface area (Å²) in [6.07, 6.45) is 0.765. The second-order valence-corrected chi connectivity index (χ2v) is 8.44. The molecular weight excluding hydrogens is 370 g/mol. The lowest BCUT2D eigenvalue weighted by molar-refractivity contribution is 0.171. The van der Waals surface area contributed by atoms with Crippen LogP contribution in [0.2, 0.25) is 0 Å². The molecule has 0 aliphatic carbocycles. The molecule has 0 amide bonds. The van der Waals surface area contributed by atoms with Crippen molar-refractivity contribution in [2.75, 3.05) is 33.5 Å². The quantitative estimate of drug-likeness (QED) is 0.797. The molecule has 4 rings (SSSR count). The molecule has 0 saturated carbocycles. The van der Waals surface area contributed by atoms with E-state index >= 15 is 0 Å². The van der Waals surface area contributed by atoms with Crippen LogP contribution < -0.4 is 18.9 Å². The monoisotopic (exact) mass is 391 g/mol. The van der Waals surface area contributed by atoms with Gasteiger partial charge in [0.1, 0.15) is 13.2 Å². The van der Waals surface area contributed by atoms with Gasteiger partial charge in [0.25, 0.3) is 0 Å². The Labute approximate surface area is 158 Å². The van der Waals surface area contributed by atoms with Crippen LogP contribution in [-0.4, -0.2) is 46.2 Å². The van der Waals surface area contributed by atoms with Crippen LogP contribution in [0.25, 0.3) is 0 Å². The van der Waals surface area contributed by atoms with Crippen molar-refractivity contribution in [3.63, 3.8) is 0 Å². The standard InChI is InChI=1S/C19H21NO6S/c1-20(13-14-3-5-16-18(11-14)26-10-9-25-16)27(21,22)15-4-6-17-19(12-15)24-8-2-7-23-17/h3-6,11-12H,2,7-10,13H2,1H3. The number of fused-ring (bicyclic) bond motifs is 2. The summed E-state index contributed by atoms with van der Waals surface area (Å²) < 4.78 is 49.5. The third-order valence-corrected chi connectivity index (χ3v) is 6.24. The van der Waals surface area contributed by atoms with E-state index in [1.807, 2.05) is 12.1 Å². The fourth-order valence-corrected chi connectivity index (χ4v) is 4.19. The maximum Gasteiger partial charge on any atom is 0.243 e. The Hall–Kier alpha value is -2.45. The SMILES string of the molecule is CN(Cc1ccc2c(c1)OCCO2)S(=O)(=O)c1ccc2c(c1)OCCCO2. The Bertz CT molecular complexity index is 943. The zero-order valence-electron chi connectivity index (χ0n) is 15.0. The van der Waals surface area contributed by atoms with Gasteiger partial charge >= 0.3 is 0 Å². The van der Waals surface area contributed by atoms with Crippen LogP contribution in [0, 0.1) is 0 Å². The number of hydrogen-bond donors (Lipinski definition) is 0. The molecule has 144 valence electrons. The molecule has 2 heterocycles. The molecule has 0 atom stereocenters. The summed E-state index contributed by atoms with van der Waals surface area (Å²) >= 11 is 0. The van der Waals surface area contributed by atoms with Crippen LogP contribution in [0.4, 0.5) is 0 Å². The van der Waals surface area contributed by atoms with E-state index in [1.165, 1.54) is 10.4 Å². The van der Waals surface area contributed by atoms with Gasteiger partial charge in [0.05, 0.1) is 18.1 Å². The number of ether oxygens (including phenoxy) is 4. The second kappa shape index (κ2) is 7.28. The molecule has 0 saturated heterocycles. The van der Waals surface area contributed by atoms with Crippen LogP contribution in [0.3, 0.4) is 0 Å². The Balaban J connectivity index is 1.55. The van der Waals surface area contributed by atoms with E-state index in [0.717, 1.165) is 12.0 Å². The smallest absolute Gasteiger partial charge is 0.243 e. The summed E-state index contributed by atoms with van der Waals surface area (Å²) in [5, 5.41) is 0. The number of nitrogens with zero attached hydrogens (tertiary/aromatic N) is 1. The van der Waals surface area contributed by atoms with Gasteiger partial charge in [-0.25, -0.2) is 8.42 Å². The van der Waals surface area contributed by atoms with Crippen molar-refractivity contribution in [1.82, 2.24) is 4.31 Å². The minimum Gasteiger partial charge on any atom is -0.490 e. The number of rotatable bonds is 4. The first-order valence-corrected chi connectivity index (χ1v) is 10.2. The lowest BCUT2D eigenvalue weighted by atomic mass is 10.2. The van der Waals surface area contributed by atoms with Gasteiger partial charge in [-0.05, 0) is 29.8 Å². The van der Waals surface area contributed by atoms with Gasteiger partial charge in [0, 0.05) is 26.1 Å². The highest BCUT2D eigenvalue weighted by molar-refractivity contribution is 7.89. The maximum absolute atomic E-state index is 13.0. The molecule has 0 aromatic heterocycles. The number of benzene rings is 2. The molecule has 2 aromatic rings. The topological polar surface area (TPSA) is 74.3 Å². The predicted molar refractivity (Wildman–Crippen MR) is 98.1 cm³/mol. The summed E-state index contributed by atoms with van der Waals surface area (Å²) in [5.41, 5.74) is 0.819. The molecule has 8 heteroatoms. The van der Waals surface area contributed by atoms with E-state index in [-0.39, 0.29) is 11.4 Å². The molecule has 2 aliphatic rings. The molecule has 2 aliphatic heterocycles. The van der Waals surface area contributed by atoms with Crippen molar-refractivity contribution in [2.24, 2.45) is 0 Å². The third-order valence-electron chi connectivity index (χ3n) is 4.44. The summed E-state index contributed by atoms with van der Waals surface area (Å²) in [6, 6.07) is 10.2. The van der Waals surface area contributed by atoms with Crippen LogP contribution in [0.1, 0.15) is 12.0 Å². The number of hydrogen-bond acceptors (Lipinski definition) is 6. The lowest BCUT2D eigenvalue weighted by Crippen LogP contribution is -2.26. The first-order valence-electron chi connectivity index (χ1n) is 8.78. The highest BCUT2D eigenvalue weighted by Gasteiger charge is 2.24. The van der Waals surface area contributed by atoms with Crippen molar-refractivity contribution < 1.29 is 27.4 Å². The van der Waals surface area contributed by atoms with E-state index < -0.39 is 10.0 Å². The largest absolute Gasteiger partial charge is 0.490 e. The number of sulfonamides is 1. The van der Waals surface area contributed by atoms with Crippen molar-refractivity contribution in [1.29, 1.82) is 0 Å². The van der Waals surface area contributed by atoms with E-state index in [4.69, 9.17) is 18.9 Å². The zero-order valence-corrected chi connectivity index (χ0v) is 15.8. The van der Waals surface area contributed by atoms with Crippen LogP contribution in [0.15, 0.2) is 41.3 Å². The molecule has 0 spiro atoms. The molecular formula is C19H21NO6S. The molecule has 0 bridgehead atoms. The average Bonchev–Trinajstić information content (AvgIpc) is 2.92. The minimum absolute atomic E-state index is 0.173. The van der Waals surface area contributed by atoms with Crippen molar-refractivity contribution in [3.05, 3.63) is 42.0 Å². The Morgan fingerprint density at radius 2 is 1.41 bits per heavy atom. The Morgan fingerprint density at radius 3 is 2.19 bits per heavy atom. The summed E-state index contributed by atoms with van der Waals surface area (Å²) in [4.78, 5) is 0.173. The average molecular weight is 391 g/mol. The van der Waals surface area contributed by atoms with Gasteiger partial charge in [0.2, 0.25) is 10.0 Å². The van der Waals surface area contributed by atoms with Gasteiger partial charge in [-0.1, -0.05) is 6.07 Å². The van der Waals surface area contributed by atoms with Crippen molar-refractivity contribution in [2.45, 2.75) is 17.9 Å². The van der Waals surface area contributed by atoms with Gasteiger partial charge in [-0.3, -0.25) is 0 Å². The van der Waals surface area contributed by atoms with Gasteiger partial charge < -0.3 is 18.9 Å². The zero-order chi connectivity index (χ0) is 18.9. The van der Waals surface area contributed by atoms with E-state index in [2.05, 4.69) is 0 Å². The second-order valence-electron chi connectivity index (χ2n) is 6.40. The normalized spacial score (nSPS) is 16.1. The van der Waals surface area contributed by atoms with Crippen LogP contribution in [-0.2, 0) is 16.6 Å². The lowest BCUT2D eigenvalue weighted by Gasteiger charge is -2.21. The summed E-state index contributed by atoms with van der Waals surface area (Å²) in [7, 11) is -2.13. The Kier molecular flexibility index (Phi) is 4.84. The molecule has 7 nitrogen and oxygen atoms in total. The highest BCUT2D eigenvalue weighted by atomic mass is 32.2. The summed E-state index contributed by atoms with van der Waals surface area (Å²) in [5.74, 6) is 2.35. The highest BCUT2D eigenvalue weighted by Crippen LogP contribution is 2.34. The summed E-state index contributed by atoms with van der Waals surface area (Å²) in [6.45, 7) is 2.28. The van der Waals surface area contributed by atoms with Crippen LogP contribution in [0.5, 0.6) is 23.0 Å². The fourth-order valence-electron chi connectivity index (χ4n) is 3.01. The minimum atomic E-state index is -3.68. The van der Waals surface area contributed by atoms with E-state index in [0.29, 0.717) is 49.4 Å². The molecule has 2 aromatic carbocycles. The molecule has 0 N–H and O–H groups in total. The maximum atomic E-state index is 13.0. The third kappa shape index (κ3) is 3.68. The van der Waals surface area contributed by atoms with Gasteiger partial charge in [0.15, 0.2) is 23.0 Å². The van der Waals surface area contributed by atoms with Gasteiger partial charge in [-0.15, -0.1) is 0 Å².